The molecule has 0 saturated carbocycles. The van der Waals surface area contributed by atoms with Gasteiger partial charge in [-0.05, 0) is 13.3 Å². The Hall–Kier alpha value is -2.37. The molecule has 0 saturated heterocycles. The molecule has 6 heteroatoms. The molecule has 1 rings (SSSR count). The summed E-state index contributed by atoms with van der Waals surface area (Å²) in [6, 6.07) is 9.23. The Balaban J connectivity index is 0.000000342. The van der Waals surface area contributed by atoms with Crippen LogP contribution in [0.3, 0.4) is 0 Å². The van der Waals surface area contributed by atoms with E-state index in [1.807, 2.05) is 30.3 Å². The number of benzene rings is 1. The minimum absolute atomic E-state index is 0.121. The van der Waals surface area contributed by atoms with Crippen molar-refractivity contribution in [2.75, 3.05) is 13.1 Å². The standard InChI is InChI=1S/C8H8O.C5H10N2O3/c1-7(9)8-5-3-2-4-6-8;8-4-6-2-1-3-7-5(9)10/h2-6H,1H3;4,7H,1-3H2,(H,6,8)(H,9,10). The normalized spacial score (nSPS) is 8.68. The average Bonchev–Trinajstić information content (AvgIpc) is 2.40. The van der Waals surface area contributed by atoms with Crippen LogP contribution in [0.4, 0.5) is 4.79 Å². The lowest BCUT2D eigenvalue weighted by molar-refractivity contribution is -0.109. The summed E-state index contributed by atoms with van der Waals surface area (Å²) in [5.41, 5.74) is 0.775. The van der Waals surface area contributed by atoms with Gasteiger partial charge in [0.2, 0.25) is 6.41 Å². The number of ketones is 1. The number of Topliss-reactive ketones (excluding diaryl/α,β-unsaturated/α-hetero) is 1. The van der Waals surface area contributed by atoms with Gasteiger partial charge in [0.15, 0.2) is 5.78 Å². The highest BCUT2D eigenvalue weighted by atomic mass is 16.4. The Kier molecular flexibility index (Phi) is 9.42. The molecule has 0 aliphatic rings. The highest BCUT2D eigenvalue weighted by Gasteiger charge is 1.93. The maximum absolute atomic E-state index is 10.6. The molecule has 1 aromatic carbocycles. The fourth-order valence-corrected chi connectivity index (χ4v) is 1.12. The van der Waals surface area contributed by atoms with E-state index in [0.717, 1.165) is 5.56 Å². The molecule has 104 valence electrons. The number of carbonyl (C=O) groups is 3. The maximum atomic E-state index is 10.6. The van der Waals surface area contributed by atoms with Crippen molar-refractivity contribution in [3.63, 3.8) is 0 Å². The van der Waals surface area contributed by atoms with Crippen molar-refractivity contribution < 1.29 is 19.5 Å². The van der Waals surface area contributed by atoms with Crippen molar-refractivity contribution in [1.82, 2.24) is 10.6 Å². The van der Waals surface area contributed by atoms with Crippen LogP contribution in [0.2, 0.25) is 0 Å². The van der Waals surface area contributed by atoms with Gasteiger partial charge in [0.1, 0.15) is 0 Å². The van der Waals surface area contributed by atoms with Crippen molar-refractivity contribution in [2.24, 2.45) is 0 Å². The van der Waals surface area contributed by atoms with E-state index in [2.05, 4.69) is 10.6 Å². The van der Waals surface area contributed by atoms with Crippen LogP contribution in [-0.2, 0) is 4.79 Å². The Morgan fingerprint density at radius 2 is 1.84 bits per heavy atom. The van der Waals surface area contributed by atoms with Gasteiger partial charge in [0.25, 0.3) is 0 Å². The molecule has 0 aliphatic heterocycles. The van der Waals surface area contributed by atoms with Crippen molar-refractivity contribution in [3.8, 4) is 0 Å². The van der Waals surface area contributed by atoms with Gasteiger partial charge in [-0.25, -0.2) is 4.79 Å². The largest absolute Gasteiger partial charge is 0.465 e. The van der Waals surface area contributed by atoms with Crippen LogP contribution in [0, 0.1) is 0 Å². The van der Waals surface area contributed by atoms with E-state index in [0.29, 0.717) is 25.9 Å². The number of nitrogens with one attached hydrogen (secondary N) is 2. The summed E-state index contributed by atoms with van der Waals surface area (Å²) in [4.78, 5) is 30.1. The van der Waals surface area contributed by atoms with Crippen molar-refractivity contribution >= 4 is 18.3 Å². The van der Waals surface area contributed by atoms with Crippen LogP contribution in [0.25, 0.3) is 0 Å². The summed E-state index contributed by atoms with van der Waals surface area (Å²) in [5.74, 6) is 0.121. The fraction of sp³-hybridized carbons (Fsp3) is 0.308. The van der Waals surface area contributed by atoms with Crippen LogP contribution in [0.15, 0.2) is 30.3 Å². The zero-order valence-corrected chi connectivity index (χ0v) is 10.8. The van der Waals surface area contributed by atoms with Crippen molar-refractivity contribution in [3.05, 3.63) is 35.9 Å². The summed E-state index contributed by atoms with van der Waals surface area (Å²) in [5, 5.41) is 12.6. The lowest BCUT2D eigenvalue weighted by Gasteiger charge is -1.98. The van der Waals surface area contributed by atoms with Crippen molar-refractivity contribution in [2.45, 2.75) is 13.3 Å². The second kappa shape index (κ2) is 10.8. The molecule has 3 N–H and O–H groups in total. The summed E-state index contributed by atoms with van der Waals surface area (Å²) in [6.45, 7) is 2.44. The van der Waals surface area contributed by atoms with Crippen LogP contribution < -0.4 is 10.6 Å². The van der Waals surface area contributed by atoms with E-state index in [4.69, 9.17) is 5.11 Å². The van der Waals surface area contributed by atoms with Gasteiger partial charge >= 0.3 is 6.09 Å². The number of hydrogen-bond donors (Lipinski definition) is 3. The molecule has 0 radical (unpaired) electrons. The quantitative estimate of drug-likeness (QED) is 0.410. The molecule has 0 unspecified atom stereocenters. The van der Waals surface area contributed by atoms with Crippen LogP contribution >= 0.6 is 0 Å². The van der Waals surface area contributed by atoms with Crippen LogP contribution in [-0.4, -0.2) is 36.5 Å². The van der Waals surface area contributed by atoms with E-state index in [1.54, 1.807) is 6.92 Å². The minimum Gasteiger partial charge on any atom is -0.465 e. The molecule has 0 heterocycles. The number of carbonyl (C=O) groups excluding carboxylic acids is 2. The number of carboxylic acid groups (broad SMARTS) is 1. The number of amides is 2. The molecule has 0 spiro atoms. The Morgan fingerprint density at radius 3 is 2.26 bits per heavy atom. The van der Waals surface area contributed by atoms with Gasteiger partial charge in [-0.1, -0.05) is 30.3 Å². The summed E-state index contributed by atoms with van der Waals surface area (Å²) in [7, 11) is 0. The predicted octanol–water partition coefficient (Wildman–Crippen LogP) is 1.28. The second-order valence-corrected chi connectivity index (χ2v) is 3.58. The fourth-order valence-electron chi connectivity index (χ4n) is 1.12. The number of hydrogen-bond acceptors (Lipinski definition) is 3. The first-order chi connectivity index (χ1) is 9.07. The third-order valence-corrected chi connectivity index (χ3v) is 2.04. The molecule has 0 aliphatic carbocycles. The third-order valence-electron chi connectivity index (χ3n) is 2.04. The van der Waals surface area contributed by atoms with E-state index >= 15 is 0 Å². The third kappa shape index (κ3) is 10.5. The molecule has 19 heavy (non-hydrogen) atoms. The topological polar surface area (TPSA) is 95.5 Å². The van der Waals surface area contributed by atoms with Gasteiger partial charge in [-0.2, -0.15) is 0 Å². The number of rotatable bonds is 6. The summed E-state index contributed by atoms with van der Waals surface area (Å²) in [6.07, 6.45) is 0.164. The van der Waals surface area contributed by atoms with Crippen LogP contribution in [0.5, 0.6) is 0 Å². The first kappa shape index (κ1) is 16.6. The van der Waals surface area contributed by atoms with Crippen molar-refractivity contribution in [1.29, 1.82) is 0 Å². The molecule has 1 aromatic rings. The van der Waals surface area contributed by atoms with Gasteiger partial charge in [0, 0.05) is 18.7 Å². The highest BCUT2D eigenvalue weighted by Crippen LogP contribution is 1.97. The Bertz CT molecular complexity index is 393. The smallest absolute Gasteiger partial charge is 0.404 e. The first-order valence-corrected chi connectivity index (χ1v) is 5.77. The van der Waals surface area contributed by atoms with E-state index in [1.165, 1.54) is 0 Å². The summed E-state index contributed by atoms with van der Waals surface area (Å²) >= 11 is 0. The van der Waals surface area contributed by atoms with Gasteiger partial charge in [-0.15, -0.1) is 0 Å². The van der Waals surface area contributed by atoms with Gasteiger partial charge < -0.3 is 15.7 Å². The highest BCUT2D eigenvalue weighted by molar-refractivity contribution is 5.93. The average molecular weight is 266 g/mol. The van der Waals surface area contributed by atoms with E-state index < -0.39 is 6.09 Å². The van der Waals surface area contributed by atoms with E-state index in [-0.39, 0.29) is 5.78 Å². The monoisotopic (exact) mass is 266 g/mol. The molecule has 0 atom stereocenters. The first-order valence-electron chi connectivity index (χ1n) is 5.77. The Morgan fingerprint density at radius 1 is 1.21 bits per heavy atom. The predicted molar refractivity (Wildman–Crippen MR) is 71.2 cm³/mol. The zero-order chi connectivity index (χ0) is 14.5. The Labute approximate surface area is 111 Å². The maximum Gasteiger partial charge on any atom is 0.404 e. The lowest BCUT2D eigenvalue weighted by atomic mass is 10.2. The summed E-state index contributed by atoms with van der Waals surface area (Å²) < 4.78 is 0. The molecule has 0 fully saturated rings. The van der Waals surface area contributed by atoms with E-state index in [9.17, 15) is 14.4 Å². The molecular formula is C13H18N2O4. The zero-order valence-electron chi connectivity index (χ0n) is 10.8. The molecule has 0 aromatic heterocycles. The minimum atomic E-state index is -1.04. The van der Waals surface area contributed by atoms with Crippen LogP contribution in [0.1, 0.15) is 23.7 Å². The van der Waals surface area contributed by atoms with Gasteiger partial charge in [-0.3, -0.25) is 9.59 Å². The molecule has 2 amide bonds. The van der Waals surface area contributed by atoms with Gasteiger partial charge in [0.05, 0.1) is 0 Å². The molecule has 0 bridgehead atoms. The second-order valence-electron chi connectivity index (χ2n) is 3.58. The lowest BCUT2D eigenvalue weighted by Crippen LogP contribution is -2.25. The SMILES string of the molecule is CC(=O)c1ccccc1.O=CNCCCNC(=O)O. The molecular weight excluding hydrogens is 248 g/mol. The molecule has 6 nitrogen and oxygen atoms in total.